The quantitative estimate of drug-likeness (QED) is 0.602. The molecule has 1 aliphatic rings. The highest BCUT2D eigenvalue weighted by Gasteiger charge is 2.27. The van der Waals surface area contributed by atoms with E-state index in [9.17, 15) is 18.5 Å². The molecule has 0 unspecified atom stereocenters. The number of nitro groups is 1. The molecule has 7 heteroatoms. The van der Waals surface area contributed by atoms with E-state index in [0.717, 1.165) is 25.2 Å². The largest absolute Gasteiger partial charge is 0.366 e. The molecule has 1 fully saturated rings. The molecule has 0 aromatic heterocycles. The second-order valence-electron chi connectivity index (χ2n) is 6.80. The maximum Gasteiger partial charge on any atom is 0.293 e. The number of hydrogen-bond acceptors (Lipinski definition) is 5. The van der Waals surface area contributed by atoms with Crippen LogP contribution in [0.4, 0.5) is 11.4 Å². The van der Waals surface area contributed by atoms with E-state index in [1.54, 1.807) is 6.07 Å². The average Bonchev–Trinajstić information content (AvgIpc) is 2.61. The third kappa shape index (κ3) is 3.72. The van der Waals surface area contributed by atoms with Crippen LogP contribution in [-0.4, -0.2) is 32.7 Å². The summed E-state index contributed by atoms with van der Waals surface area (Å²) in [7, 11) is -3.48. The van der Waals surface area contributed by atoms with Gasteiger partial charge in [0.2, 0.25) is 0 Å². The van der Waals surface area contributed by atoms with Gasteiger partial charge in [0.1, 0.15) is 5.69 Å². The van der Waals surface area contributed by atoms with Crippen LogP contribution in [0.2, 0.25) is 0 Å². The Morgan fingerprint density at radius 2 is 1.77 bits per heavy atom. The molecule has 2 aromatic rings. The normalized spacial score (nSPS) is 15.8. The summed E-state index contributed by atoms with van der Waals surface area (Å²) in [6.07, 6.45) is 2.88. The lowest BCUT2D eigenvalue weighted by atomic mass is 9.87. The van der Waals surface area contributed by atoms with Crippen LogP contribution in [0.15, 0.2) is 47.4 Å². The van der Waals surface area contributed by atoms with E-state index in [1.165, 1.54) is 17.2 Å². The Morgan fingerprint density at radius 3 is 2.35 bits per heavy atom. The van der Waals surface area contributed by atoms with Gasteiger partial charge in [-0.3, -0.25) is 10.1 Å². The zero-order valence-corrected chi connectivity index (χ0v) is 15.7. The Hall–Kier alpha value is -2.41. The summed E-state index contributed by atoms with van der Waals surface area (Å²) in [6, 6.07) is 12.5. The summed E-state index contributed by atoms with van der Waals surface area (Å²) in [6.45, 7) is 3.52. The molecule has 0 radical (unpaired) electrons. The fourth-order valence-corrected chi connectivity index (χ4v) is 4.26. The van der Waals surface area contributed by atoms with Crippen molar-refractivity contribution in [3.63, 3.8) is 0 Å². The third-order valence-electron chi connectivity index (χ3n) is 5.04. The number of piperidine rings is 1. The Morgan fingerprint density at radius 1 is 1.12 bits per heavy atom. The number of nitro benzene ring substituents is 1. The molecular formula is C19H22N2O4S. The third-order valence-corrected chi connectivity index (χ3v) is 6.15. The van der Waals surface area contributed by atoms with Crippen molar-refractivity contribution < 1.29 is 13.3 Å². The second kappa shape index (κ2) is 7.07. The highest BCUT2D eigenvalue weighted by Crippen LogP contribution is 2.36. The van der Waals surface area contributed by atoms with E-state index < -0.39 is 14.8 Å². The zero-order chi connectivity index (χ0) is 18.9. The Balaban J connectivity index is 1.83. The van der Waals surface area contributed by atoms with Crippen molar-refractivity contribution in [1.82, 2.24) is 0 Å². The van der Waals surface area contributed by atoms with Crippen molar-refractivity contribution >= 4 is 21.2 Å². The van der Waals surface area contributed by atoms with Crippen LogP contribution in [0.25, 0.3) is 0 Å². The van der Waals surface area contributed by atoms with Crippen molar-refractivity contribution in [2.24, 2.45) is 0 Å². The van der Waals surface area contributed by atoms with E-state index in [4.69, 9.17) is 0 Å². The van der Waals surface area contributed by atoms with Gasteiger partial charge in [0.15, 0.2) is 9.84 Å². The predicted molar refractivity (Wildman–Crippen MR) is 102 cm³/mol. The van der Waals surface area contributed by atoms with Crippen molar-refractivity contribution in [3.05, 3.63) is 63.7 Å². The molecule has 0 atom stereocenters. The lowest BCUT2D eigenvalue weighted by Gasteiger charge is -2.34. The van der Waals surface area contributed by atoms with Crippen LogP contribution in [0.1, 0.15) is 29.9 Å². The molecule has 0 N–H and O–H groups in total. The van der Waals surface area contributed by atoms with Crippen molar-refractivity contribution in [1.29, 1.82) is 0 Å². The molecule has 2 aromatic carbocycles. The fourth-order valence-electron chi connectivity index (χ4n) is 3.62. The Labute approximate surface area is 153 Å². The van der Waals surface area contributed by atoms with E-state index in [1.807, 2.05) is 17.0 Å². The minimum absolute atomic E-state index is 0.0252. The Kier molecular flexibility index (Phi) is 5.00. The van der Waals surface area contributed by atoms with Crippen molar-refractivity contribution in [2.75, 3.05) is 24.2 Å². The summed E-state index contributed by atoms with van der Waals surface area (Å²) in [5.41, 5.74) is 2.96. The molecule has 0 aliphatic carbocycles. The molecule has 26 heavy (non-hydrogen) atoms. The molecule has 0 spiro atoms. The van der Waals surface area contributed by atoms with Crippen molar-refractivity contribution in [3.8, 4) is 0 Å². The topological polar surface area (TPSA) is 80.5 Å². The molecule has 138 valence electrons. The molecule has 6 nitrogen and oxygen atoms in total. The predicted octanol–water partition coefficient (Wildman–Crippen LogP) is 3.69. The van der Waals surface area contributed by atoms with Gasteiger partial charge < -0.3 is 4.90 Å². The first-order valence-electron chi connectivity index (χ1n) is 8.56. The number of hydrogen-bond donors (Lipinski definition) is 0. The molecule has 1 heterocycles. The maximum absolute atomic E-state index is 11.7. The number of nitrogens with zero attached hydrogens (tertiary/aromatic N) is 2. The minimum Gasteiger partial charge on any atom is -0.366 e. The lowest BCUT2D eigenvalue weighted by Crippen LogP contribution is -2.33. The van der Waals surface area contributed by atoms with Gasteiger partial charge in [-0.2, -0.15) is 0 Å². The summed E-state index contributed by atoms with van der Waals surface area (Å²) in [5.74, 6) is 0.446. The van der Waals surface area contributed by atoms with Gasteiger partial charge in [-0.1, -0.05) is 24.3 Å². The highest BCUT2D eigenvalue weighted by molar-refractivity contribution is 7.90. The van der Waals surface area contributed by atoms with Crippen LogP contribution in [0, 0.1) is 17.0 Å². The van der Waals surface area contributed by atoms with Gasteiger partial charge in [-0.15, -0.1) is 0 Å². The van der Waals surface area contributed by atoms with Crippen LogP contribution in [0.3, 0.4) is 0 Å². The minimum atomic E-state index is -3.48. The van der Waals surface area contributed by atoms with Gasteiger partial charge in [-0.25, -0.2) is 8.42 Å². The molecule has 1 saturated heterocycles. The Bertz CT molecular complexity index is 932. The van der Waals surface area contributed by atoms with Gasteiger partial charge in [0.25, 0.3) is 5.69 Å². The van der Waals surface area contributed by atoms with E-state index in [-0.39, 0.29) is 10.6 Å². The maximum atomic E-state index is 11.7. The van der Waals surface area contributed by atoms with E-state index in [0.29, 0.717) is 24.7 Å². The number of aryl methyl sites for hydroxylation is 1. The fraction of sp³-hybridized carbons (Fsp3) is 0.368. The SMILES string of the molecule is Cc1ccccc1C1CCN(c2ccc(S(C)(=O)=O)cc2[N+](=O)[O-])CC1. The average molecular weight is 374 g/mol. The summed E-state index contributed by atoms with van der Waals surface area (Å²) in [4.78, 5) is 12.9. The zero-order valence-electron chi connectivity index (χ0n) is 14.9. The standard InChI is InChI=1S/C19H22N2O4S/c1-14-5-3-4-6-17(14)15-9-11-20(12-10-15)18-8-7-16(26(2,24)25)13-19(18)21(22)23/h3-8,13,15H,9-12H2,1-2H3. The van der Waals surface area contributed by atoms with Gasteiger partial charge in [0.05, 0.1) is 9.82 Å². The molecular weight excluding hydrogens is 352 g/mol. The highest BCUT2D eigenvalue weighted by atomic mass is 32.2. The van der Waals surface area contributed by atoms with Gasteiger partial charge in [0, 0.05) is 25.4 Å². The molecule has 0 saturated carbocycles. The van der Waals surface area contributed by atoms with Crippen molar-refractivity contribution in [2.45, 2.75) is 30.6 Å². The van der Waals surface area contributed by atoms with Crippen LogP contribution in [0.5, 0.6) is 0 Å². The van der Waals surface area contributed by atoms with Gasteiger partial charge >= 0.3 is 0 Å². The van der Waals surface area contributed by atoms with Crippen LogP contribution in [-0.2, 0) is 9.84 Å². The first kappa shape index (κ1) is 18.4. The second-order valence-corrected chi connectivity index (χ2v) is 8.81. The number of anilines is 1. The summed E-state index contributed by atoms with van der Waals surface area (Å²) < 4.78 is 23.4. The summed E-state index contributed by atoms with van der Waals surface area (Å²) >= 11 is 0. The molecule has 0 bridgehead atoms. The van der Waals surface area contributed by atoms with Crippen LogP contribution < -0.4 is 4.90 Å². The number of sulfone groups is 1. The number of rotatable bonds is 4. The first-order chi connectivity index (χ1) is 12.3. The monoisotopic (exact) mass is 374 g/mol. The van der Waals surface area contributed by atoms with E-state index >= 15 is 0 Å². The first-order valence-corrected chi connectivity index (χ1v) is 10.5. The molecule has 0 amide bonds. The lowest BCUT2D eigenvalue weighted by molar-refractivity contribution is -0.384. The molecule has 3 rings (SSSR count). The number of benzene rings is 2. The van der Waals surface area contributed by atoms with Crippen LogP contribution >= 0.6 is 0 Å². The smallest absolute Gasteiger partial charge is 0.293 e. The van der Waals surface area contributed by atoms with E-state index in [2.05, 4.69) is 19.1 Å². The molecule has 1 aliphatic heterocycles. The summed E-state index contributed by atoms with van der Waals surface area (Å²) in [5, 5.41) is 11.5. The van der Waals surface area contributed by atoms with Gasteiger partial charge in [-0.05, 0) is 48.9 Å².